The third kappa shape index (κ3) is 5.78. The summed E-state index contributed by atoms with van der Waals surface area (Å²) in [4.78, 5) is 20.6. The Hall–Kier alpha value is -2.49. The molecule has 2 saturated heterocycles. The number of carbonyl (C=O) groups excluding carboxylic acids is 1. The highest BCUT2D eigenvalue weighted by atomic mass is 19.4. The van der Waals surface area contributed by atoms with Gasteiger partial charge in [0.05, 0.1) is 12.1 Å². The van der Waals surface area contributed by atoms with E-state index in [2.05, 4.69) is 10.3 Å². The monoisotopic (exact) mass is 428 g/mol. The zero-order valence-electron chi connectivity index (χ0n) is 17.0. The fourth-order valence-corrected chi connectivity index (χ4v) is 3.54. The molecule has 0 saturated carbocycles. The van der Waals surface area contributed by atoms with Crippen molar-refractivity contribution in [2.45, 2.75) is 25.1 Å². The number of rotatable bonds is 5. The molecule has 166 valence electrons. The summed E-state index contributed by atoms with van der Waals surface area (Å²) < 4.78 is 49.2. The molecule has 2 fully saturated rings. The number of nitrogens with zero attached hydrogens (tertiary/aromatic N) is 3. The maximum atomic E-state index is 12.8. The molecule has 7 nitrogen and oxygen atoms in total. The minimum atomic E-state index is -4.40. The molecule has 2 aliphatic heterocycles. The molecular weight excluding hydrogens is 401 g/mol. The van der Waals surface area contributed by atoms with Crippen LogP contribution in [0.5, 0.6) is 5.75 Å². The van der Waals surface area contributed by atoms with E-state index >= 15 is 0 Å². The van der Waals surface area contributed by atoms with Crippen LogP contribution in [0.15, 0.2) is 29.3 Å². The van der Waals surface area contributed by atoms with Crippen molar-refractivity contribution in [2.75, 3.05) is 53.0 Å². The molecule has 1 aromatic rings. The van der Waals surface area contributed by atoms with Crippen LogP contribution < -0.4 is 10.1 Å². The highest BCUT2D eigenvalue weighted by Gasteiger charge is 2.31. The van der Waals surface area contributed by atoms with Crippen LogP contribution >= 0.6 is 0 Å². The first kappa shape index (κ1) is 22.2. The average Bonchev–Trinajstić information content (AvgIpc) is 3.28. The minimum absolute atomic E-state index is 0.0598. The van der Waals surface area contributed by atoms with Gasteiger partial charge in [-0.2, -0.15) is 13.2 Å². The predicted molar refractivity (Wildman–Crippen MR) is 105 cm³/mol. The number of ether oxygens (including phenoxy) is 2. The van der Waals surface area contributed by atoms with Crippen LogP contribution in [0.3, 0.4) is 0 Å². The maximum absolute atomic E-state index is 12.8. The number of hydrogen-bond acceptors (Lipinski definition) is 4. The molecular formula is C20H27F3N4O3. The molecule has 1 aromatic carbocycles. The van der Waals surface area contributed by atoms with E-state index in [0.29, 0.717) is 45.3 Å². The Balaban J connectivity index is 1.41. The van der Waals surface area contributed by atoms with Crippen molar-refractivity contribution in [1.82, 2.24) is 15.1 Å². The molecule has 3 rings (SSSR count). The largest absolute Gasteiger partial charge is 0.492 e. The van der Waals surface area contributed by atoms with Crippen LogP contribution in [-0.4, -0.2) is 80.8 Å². The molecule has 10 heteroatoms. The number of guanidine groups is 1. The van der Waals surface area contributed by atoms with E-state index in [1.165, 1.54) is 12.1 Å². The summed E-state index contributed by atoms with van der Waals surface area (Å²) >= 11 is 0. The lowest BCUT2D eigenvalue weighted by Gasteiger charge is -2.37. The van der Waals surface area contributed by atoms with Crippen molar-refractivity contribution in [3.05, 3.63) is 29.8 Å². The standard InChI is InChI=1S/C20H27F3N4O3/c1-24-19(25-7-13-29-16-5-2-4-15(14-16)20(21,22)23)27-10-8-26(9-11-27)18(28)17-6-3-12-30-17/h2,4-5,14,17H,3,6-13H2,1H3,(H,24,25). The molecule has 1 unspecified atom stereocenters. The summed E-state index contributed by atoms with van der Waals surface area (Å²) in [6.07, 6.45) is -2.99. The van der Waals surface area contributed by atoms with E-state index in [9.17, 15) is 18.0 Å². The number of alkyl halides is 3. The number of benzene rings is 1. The number of piperazine rings is 1. The van der Waals surface area contributed by atoms with Gasteiger partial charge in [-0.05, 0) is 31.0 Å². The quantitative estimate of drug-likeness (QED) is 0.442. The minimum Gasteiger partial charge on any atom is -0.492 e. The first-order valence-corrected chi connectivity index (χ1v) is 10.0. The molecule has 0 aromatic heterocycles. The maximum Gasteiger partial charge on any atom is 0.416 e. The Kier molecular flexibility index (Phi) is 7.41. The van der Waals surface area contributed by atoms with Gasteiger partial charge in [0, 0.05) is 39.8 Å². The zero-order chi connectivity index (χ0) is 21.6. The third-order valence-corrected chi connectivity index (χ3v) is 5.12. The molecule has 1 N–H and O–H groups in total. The number of carbonyl (C=O) groups is 1. The molecule has 0 aliphatic carbocycles. The summed E-state index contributed by atoms with van der Waals surface area (Å²) in [6, 6.07) is 4.81. The van der Waals surface area contributed by atoms with Crippen molar-refractivity contribution < 1.29 is 27.4 Å². The average molecular weight is 428 g/mol. The van der Waals surface area contributed by atoms with Crippen LogP contribution in [0.25, 0.3) is 0 Å². The molecule has 1 atom stereocenters. The van der Waals surface area contributed by atoms with E-state index in [-0.39, 0.29) is 24.4 Å². The first-order valence-electron chi connectivity index (χ1n) is 10.0. The molecule has 1 amide bonds. The molecule has 0 spiro atoms. The lowest BCUT2D eigenvalue weighted by atomic mass is 10.2. The molecule has 0 radical (unpaired) electrons. The van der Waals surface area contributed by atoms with Crippen LogP contribution in [0.4, 0.5) is 13.2 Å². The van der Waals surface area contributed by atoms with Gasteiger partial charge in [0.15, 0.2) is 5.96 Å². The lowest BCUT2D eigenvalue weighted by molar-refractivity contribution is -0.142. The van der Waals surface area contributed by atoms with Gasteiger partial charge in [-0.25, -0.2) is 0 Å². The van der Waals surface area contributed by atoms with Crippen molar-refractivity contribution in [3.63, 3.8) is 0 Å². The van der Waals surface area contributed by atoms with Gasteiger partial charge in [0.25, 0.3) is 5.91 Å². The summed E-state index contributed by atoms with van der Waals surface area (Å²) in [5.41, 5.74) is -0.737. The van der Waals surface area contributed by atoms with Gasteiger partial charge in [-0.3, -0.25) is 9.79 Å². The van der Waals surface area contributed by atoms with Gasteiger partial charge >= 0.3 is 6.18 Å². The fourth-order valence-electron chi connectivity index (χ4n) is 3.54. The Bertz CT molecular complexity index is 743. The van der Waals surface area contributed by atoms with Crippen molar-refractivity contribution in [3.8, 4) is 5.75 Å². The van der Waals surface area contributed by atoms with Crippen LogP contribution in [0, 0.1) is 0 Å². The van der Waals surface area contributed by atoms with Crippen molar-refractivity contribution in [2.24, 2.45) is 4.99 Å². The van der Waals surface area contributed by atoms with Crippen molar-refractivity contribution >= 4 is 11.9 Å². The number of aliphatic imine (C=N–C) groups is 1. The fraction of sp³-hybridized carbons (Fsp3) is 0.600. The van der Waals surface area contributed by atoms with Gasteiger partial charge < -0.3 is 24.6 Å². The molecule has 0 bridgehead atoms. The second-order valence-corrected chi connectivity index (χ2v) is 7.16. The summed E-state index contributed by atoms with van der Waals surface area (Å²) in [5.74, 6) is 0.902. The zero-order valence-corrected chi connectivity index (χ0v) is 17.0. The molecule has 30 heavy (non-hydrogen) atoms. The van der Waals surface area contributed by atoms with Gasteiger partial charge in [-0.1, -0.05) is 6.07 Å². The predicted octanol–water partition coefficient (Wildman–Crippen LogP) is 1.98. The van der Waals surface area contributed by atoms with Crippen LogP contribution in [0.2, 0.25) is 0 Å². The summed E-state index contributed by atoms with van der Waals surface area (Å²) in [7, 11) is 1.67. The summed E-state index contributed by atoms with van der Waals surface area (Å²) in [6.45, 7) is 3.71. The van der Waals surface area contributed by atoms with Gasteiger partial charge in [0.1, 0.15) is 18.5 Å². The van der Waals surface area contributed by atoms with Gasteiger partial charge in [0.2, 0.25) is 0 Å². The highest BCUT2D eigenvalue weighted by Crippen LogP contribution is 2.31. The Morgan fingerprint density at radius 3 is 2.63 bits per heavy atom. The SMILES string of the molecule is CN=C(NCCOc1cccc(C(F)(F)F)c1)N1CCN(C(=O)C2CCCO2)CC1. The topological polar surface area (TPSA) is 66.4 Å². The van der Waals surface area contributed by atoms with E-state index in [1.54, 1.807) is 7.05 Å². The van der Waals surface area contributed by atoms with Crippen LogP contribution in [0.1, 0.15) is 18.4 Å². The van der Waals surface area contributed by atoms with E-state index in [1.807, 2.05) is 9.80 Å². The highest BCUT2D eigenvalue weighted by molar-refractivity contribution is 5.82. The van der Waals surface area contributed by atoms with E-state index in [0.717, 1.165) is 25.0 Å². The second kappa shape index (κ2) is 10.0. The second-order valence-electron chi connectivity index (χ2n) is 7.16. The summed E-state index contributed by atoms with van der Waals surface area (Å²) in [5, 5.41) is 3.15. The van der Waals surface area contributed by atoms with E-state index in [4.69, 9.17) is 9.47 Å². The van der Waals surface area contributed by atoms with Crippen LogP contribution in [-0.2, 0) is 15.7 Å². The number of hydrogen-bond donors (Lipinski definition) is 1. The number of amides is 1. The Labute approximate surface area is 173 Å². The normalized spacial score (nSPS) is 20.4. The molecule has 2 heterocycles. The van der Waals surface area contributed by atoms with Crippen molar-refractivity contribution in [1.29, 1.82) is 0 Å². The number of halogens is 3. The number of nitrogens with one attached hydrogen (secondary N) is 1. The van der Waals surface area contributed by atoms with E-state index < -0.39 is 11.7 Å². The Morgan fingerprint density at radius 2 is 2.00 bits per heavy atom. The molecule has 2 aliphatic rings. The third-order valence-electron chi connectivity index (χ3n) is 5.12. The van der Waals surface area contributed by atoms with Gasteiger partial charge in [-0.15, -0.1) is 0 Å². The first-order chi connectivity index (χ1) is 14.4. The smallest absolute Gasteiger partial charge is 0.416 e. The lowest BCUT2D eigenvalue weighted by Crippen LogP contribution is -2.55. The Morgan fingerprint density at radius 1 is 1.27 bits per heavy atom.